The molecular weight excluding hydrogens is 861 g/mol. The second-order valence-corrected chi connectivity index (χ2v) is 21.3. The molecule has 0 spiro atoms. The average Bonchev–Trinajstić information content (AvgIpc) is 4.20. The maximum absolute atomic E-state index is 15.1. The molecule has 0 bridgehead atoms. The number of carbonyl (C=O) groups excluding carboxylic acids is 6. The van der Waals surface area contributed by atoms with Crippen LogP contribution in [0.5, 0.6) is 11.5 Å². The van der Waals surface area contributed by atoms with Crippen LogP contribution in [0.1, 0.15) is 120 Å². The first kappa shape index (κ1) is 46.0. The van der Waals surface area contributed by atoms with E-state index in [-0.39, 0.29) is 50.0 Å². The van der Waals surface area contributed by atoms with Crippen molar-refractivity contribution < 1.29 is 51.4 Å². The summed E-state index contributed by atoms with van der Waals surface area (Å²) in [5, 5.41) is 7.97. The van der Waals surface area contributed by atoms with Crippen LogP contribution in [0.15, 0.2) is 30.7 Å². The lowest BCUT2D eigenvalue weighted by Crippen LogP contribution is -2.62. The van der Waals surface area contributed by atoms with Gasteiger partial charge in [-0.1, -0.05) is 59.4 Å². The molecule has 65 heavy (non-hydrogen) atoms. The monoisotopic (exact) mass is 920 g/mol. The highest BCUT2D eigenvalue weighted by molar-refractivity contribution is 7.91. The smallest absolute Gasteiger partial charge is 0.410 e. The summed E-state index contributed by atoms with van der Waals surface area (Å²) in [5.74, 6) is -2.77. The Balaban J connectivity index is 1.04. The molecular formula is C45H60N8O11S. The Morgan fingerprint density at radius 3 is 2.38 bits per heavy atom. The zero-order valence-corrected chi connectivity index (χ0v) is 38.2. The number of nitrogens with zero attached hydrogens (tertiary/aromatic N) is 4. The van der Waals surface area contributed by atoms with Crippen molar-refractivity contribution in [3.05, 3.63) is 47.5 Å². The van der Waals surface area contributed by atoms with Crippen LogP contribution in [-0.2, 0) is 47.0 Å². The standard InChI is InChI=1S/C45H60N8O11S/c1-5-28-21-45(28,42(58)51-65(60,61)30-13-14-30)50-39(55)33-20-29(64-43(59)52-23-27-12-15-34-36(31(27)25-52)63-19-9-18-62-34)24-53(33)41(57)37(44(2,3)4)49-40(56)35(26-10-7-6-8-11-26)48-38(54)32-22-46-16-17-47-32/h12,15-17,22,26,28-30,33,35,37H,5-11,13-14,18-21,23-25H2,1-4H3,(H,48,54)(H,49,56)(H,50,55)(H,51,58)/t28-,29+,33?,35-,37+,45-/m0/s1. The summed E-state index contributed by atoms with van der Waals surface area (Å²) in [5.41, 5.74) is -0.760. The van der Waals surface area contributed by atoms with Crippen molar-refractivity contribution in [1.29, 1.82) is 0 Å². The summed E-state index contributed by atoms with van der Waals surface area (Å²) in [4.78, 5) is 96.1. The summed E-state index contributed by atoms with van der Waals surface area (Å²) >= 11 is 0. The van der Waals surface area contributed by atoms with Crippen molar-refractivity contribution in [3.63, 3.8) is 0 Å². The predicted molar refractivity (Wildman–Crippen MR) is 232 cm³/mol. The molecule has 1 unspecified atom stereocenters. The van der Waals surface area contributed by atoms with Gasteiger partial charge in [0.05, 0.1) is 37.8 Å². The molecule has 19 nitrogen and oxygen atoms in total. The molecule has 3 saturated carbocycles. The Morgan fingerprint density at radius 1 is 0.954 bits per heavy atom. The van der Waals surface area contributed by atoms with Crippen molar-refractivity contribution in [1.82, 2.24) is 40.4 Å². The van der Waals surface area contributed by atoms with Gasteiger partial charge in [0.15, 0.2) is 11.5 Å². The number of carbonyl (C=O) groups is 6. The molecule has 3 aliphatic heterocycles. The summed E-state index contributed by atoms with van der Waals surface area (Å²) < 4.78 is 45.9. The topological polar surface area (TPSA) is 245 Å². The van der Waals surface area contributed by atoms with Crippen LogP contribution in [0.25, 0.3) is 0 Å². The highest BCUT2D eigenvalue weighted by atomic mass is 32.2. The second-order valence-electron chi connectivity index (χ2n) is 19.4. The zero-order valence-electron chi connectivity index (χ0n) is 37.4. The first-order valence-electron chi connectivity index (χ1n) is 22.9. The molecule has 1 aromatic carbocycles. The number of rotatable bonds is 13. The Morgan fingerprint density at radius 2 is 1.71 bits per heavy atom. The lowest BCUT2D eigenvalue weighted by molar-refractivity contribution is -0.145. The molecule has 20 heteroatoms. The Labute approximate surface area is 378 Å². The normalized spacial score (nSPS) is 25.0. The second kappa shape index (κ2) is 18.4. The quantitative estimate of drug-likeness (QED) is 0.226. The molecule has 0 radical (unpaired) electrons. The van der Waals surface area contributed by atoms with Crippen molar-refractivity contribution in [2.75, 3.05) is 19.8 Å². The minimum Gasteiger partial charge on any atom is -0.490 e. The molecule has 6 amide bonds. The first-order valence-corrected chi connectivity index (χ1v) is 24.5. The number of aromatic nitrogens is 2. The Hall–Kier alpha value is -5.53. The average molecular weight is 921 g/mol. The van der Waals surface area contributed by atoms with Gasteiger partial charge >= 0.3 is 6.09 Å². The lowest BCUT2D eigenvalue weighted by atomic mass is 9.82. The fourth-order valence-corrected chi connectivity index (χ4v) is 11.0. The number of fused-ring (bicyclic) bond motifs is 3. The molecule has 352 valence electrons. The molecule has 4 heterocycles. The molecule has 6 aliphatic rings. The molecule has 6 atom stereocenters. The van der Waals surface area contributed by atoms with Gasteiger partial charge in [0.25, 0.3) is 11.8 Å². The van der Waals surface area contributed by atoms with Crippen molar-refractivity contribution in [2.24, 2.45) is 17.3 Å². The van der Waals surface area contributed by atoms with E-state index >= 15 is 4.79 Å². The minimum absolute atomic E-state index is 0.0311. The maximum Gasteiger partial charge on any atom is 0.410 e. The number of benzene rings is 1. The van der Waals surface area contributed by atoms with E-state index in [2.05, 4.69) is 30.6 Å². The van der Waals surface area contributed by atoms with E-state index in [1.807, 2.05) is 19.1 Å². The summed E-state index contributed by atoms with van der Waals surface area (Å²) in [6.45, 7) is 8.31. The molecule has 1 aromatic heterocycles. The van der Waals surface area contributed by atoms with Crippen LogP contribution in [0.2, 0.25) is 0 Å². The number of amides is 6. The van der Waals surface area contributed by atoms with Gasteiger partial charge in [-0.05, 0) is 61.0 Å². The summed E-state index contributed by atoms with van der Waals surface area (Å²) in [6.07, 6.45) is 8.63. The van der Waals surface area contributed by atoms with Gasteiger partial charge in [-0.3, -0.25) is 38.6 Å². The molecule has 1 saturated heterocycles. The summed E-state index contributed by atoms with van der Waals surface area (Å²) in [7, 11) is -3.94. The van der Waals surface area contributed by atoms with Gasteiger partial charge in [0, 0.05) is 37.3 Å². The largest absolute Gasteiger partial charge is 0.490 e. The highest BCUT2D eigenvalue weighted by Gasteiger charge is 2.62. The van der Waals surface area contributed by atoms with Crippen LogP contribution in [-0.4, -0.2) is 119 Å². The van der Waals surface area contributed by atoms with Gasteiger partial charge in [-0.25, -0.2) is 18.2 Å². The lowest BCUT2D eigenvalue weighted by Gasteiger charge is -2.37. The third-order valence-electron chi connectivity index (χ3n) is 13.6. The van der Waals surface area contributed by atoms with Crippen molar-refractivity contribution in [3.8, 4) is 11.5 Å². The Kier molecular flexibility index (Phi) is 13.0. The van der Waals surface area contributed by atoms with Gasteiger partial charge in [0.1, 0.15) is 35.5 Å². The fourth-order valence-electron chi connectivity index (χ4n) is 9.67. The fraction of sp³-hybridized carbons (Fsp3) is 0.644. The number of hydrogen-bond donors (Lipinski definition) is 4. The number of hydrogen-bond acceptors (Lipinski definition) is 13. The zero-order chi connectivity index (χ0) is 46.3. The number of ether oxygens (including phenoxy) is 3. The summed E-state index contributed by atoms with van der Waals surface area (Å²) in [6, 6.07) is 0.166. The van der Waals surface area contributed by atoms with E-state index in [1.165, 1.54) is 28.4 Å². The van der Waals surface area contributed by atoms with Crippen molar-refractivity contribution >= 4 is 45.7 Å². The van der Waals surface area contributed by atoms with Gasteiger partial charge < -0.3 is 35.1 Å². The van der Waals surface area contributed by atoms with E-state index in [1.54, 1.807) is 20.8 Å². The van der Waals surface area contributed by atoms with Crippen molar-refractivity contribution in [2.45, 2.75) is 146 Å². The van der Waals surface area contributed by atoms with E-state index in [0.717, 1.165) is 30.4 Å². The minimum atomic E-state index is -3.94. The number of nitrogens with one attached hydrogen (secondary N) is 4. The third-order valence-corrected chi connectivity index (χ3v) is 15.5. The van der Waals surface area contributed by atoms with Gasteiger partial charge in [0.2, 0.25) is 27.7 Å². The van der Waals surface area contributed by atoms with Crippen LogP contribution in [0.4, 0.5) is 4.79 Å². The van der Waals surface area contributed by atoms with E-state index in [4.69, 9.17) is 14.2 Å². The third kappa shape index (κ3) is 9.87. The highest BCUT2D eigenvalue weighted by Crippen LogP contribution is 2.47. The number of sulfonamides is 1. The molecule has 4 fully saturated rings. The van der Waals surface area contributed by atoms with Gasteiger partial charge in [-0.15, -0.1) is 0 Å². The number of likely N-dealkylation sites (tertiary alicyclic amines) is 1. The van der Waals surface area contributed by atoms with E-state index < -0.39 is 86.1 Å². The van der Waals surface area contributed by atoms with E-state index in [9.17, 15) is 32.4 Å². The molecule has 2 aromatic rings. The predicted octanol–water partition coefficient (Wildman–Crippen LogP) is 2.86. The molecule has 4 N–H and O–H groups in total. The van der Waals surface area contributed by atoms with Crippen LogP contribution in [0, 0.1) is 17.3 Å². The van der Waals surface area contributed by atoms with Crippen LogP contribution in [0.3, 0.4) is 0 Å². The molecule has 3 aliphatic carbocycles. The maximum atomic E-state index is 15.1. The Bertz CT molecular complexity index is 2300. The molecule has 8 rings (SSSR count). The van der Waals surface area contributed by atoms with Gasteiger partial charge in [-0.2, -0.15) is 0 Å². The van der Waals surface area contributed by atoms with E-state index in [0.29, 0.717) is 63.2 Å². The van der Waals surface area contributed by atoms with Crippen LogP contribution < -0.4 is 30.1 Å². The first-order chi connectivity index (χ1) is 31.0. The van der Waals surface area contributed by atoms with Crippen LogP contribution >= 0.6 is 0 Å². The SMILES string of the molecule is CC[C@H]1C[C@@]1(NC(=O)C1C[C@@H](OC(=O)N2Cc3ccc4c(c3C2)OCCCO4)CN1C(=O)[C@@H](NC(=O)[C@@H](NC(=O)c1cnccn1)C1CCCCC1)C(C)(C)C)C(=O)NS(=O)(=O)C1CC1.